The summed E-state index contributed by atoms with van der Waals surface area (Å²) in [6.45, 7) is 2.06. The van der Waals surface area contributed by atoms with Crippen molar-refractivity contribution in [1.82, 2.24) is 9.66 Å². The van der Waals surface area contributed by atoms with Crippen molar-refractivity contribution in [2.75, 3.05) is 0 Å². The SMILES string of the molecule is CCc1nc2ccc(Br)cc2c(=O)n1N=Cc1ccc(OCc2cccc3ccccc23)c([N+](=O)[O-])c1. The Hall–Kier alpha value is -4.37. The summed E-state index contributed by atoms with van der Waals surface area (Å²) >= 11 is 3.38. The van der Waals surface area contributed by atoms with Crippen LogP contribution in [0.5, 0.6) is 5.75 Å². The molecule has 1 heterocycles. The molecule has 4 aromatic carbocycles. The Bertz CT molecular complexity index is 1740. The standard InChI is InChI=1S/C28H21BrN4O4/c1-2-27-31-24-12-11-21(29)15-23(24)28(34)32(27)30-16-18-10-13-26(25(14-18)33(35)36)37-17-20-8-5-7-19-6-3-4-9-22(19)20/h3-16H,2,17H2,1H3. The third kappa shape index (κ3) is 4.99. The minimum atomic E-state index is -0.492. The second kappa shape index (κ2) is 10.3. The molecule has 1 aromatic heterocycles. The fourth-order valence-electron chi connectivity index (χ4n) is 4.12. The van der Waals surface area contributed by atoms with Gasteiger partial charge in [-0.1, -0.05) is 65.3 Å². The molecule has 184 valence electrons. The van der Waals surface area contributed by atoms with Gasteiger partial charge in [-0.15, -0.1) is 0 Å². The van der Waals surface area contributed by atoms with Crippen LogP contribution in [0, 0.1) is 10.1 Å². The predicted octanol–water partition coefficient (Wildman–Crippen LogP) is 6.24. The minimum Gasteiger partial charge on any atom is -0.482 e. The molecular weight excluding hydrogens is 536 g/mol. The zero-order valence-electron chi connectivity index (χ0n) is 19.8. The fourth-order valence-corrected chi connectivity index (χ4v) is 4.48. The Morgan fingerprint density at radius 3 is 2.68 bits per heavy atom. The van der Waals surface area contributed by atoms with Crippen molar-refractivity contribution in [3.8, 4) is 5.75 Å². The van der Waals surface area contributed by atoms with Gasteiger partial charge in [-0.3, -0.25) is 14.9 Å². The number of nitro groups is 1. The van der Waals surface area contributed by atoms with E-state index in [1.54, 1.807) is 24.3 Å². The summed E-state index contributed by atoms with van der Waals surface area (Å²) in [5, 5.41) is 18.7. The highest BCUT2D eigenvalue weighted by Crippen LogP contribution is 2.29. The van der Waals surface area contributed by atoms with Gasteiger partial charge in [-0.05, 0) is 46.7 Å². The number of rotatable bonds is 7. The Morgan fingerprint density at radius 1 is 1.05 bits per heavy atom. The number of hydrogen-bond donors (Lipinski definition) is 0. The number of ether oxygens (including phenoxy) is 1. The normalized spacial score (nSPS) is 11.4. The van der Waals surface area contributed by atoms with E-state index < -0.39 is 4.92 Å². The molecule has 0 amide bonds. The lowest BCUT2D eigenvalue weighted by Crippen LogP contribution is -2.22. The van der Waals surface area contributed by atoms with Crippen LogP contribution >= 0.6 is 15.9 Å². The van der Waals surface area contributed by atoms with E-state index in [1.165, 1.54) is 17.0 Å². The second-order valence-corrected chi connectivity index (χ2v) is 9.23. The third-order valence-electron chi connectivity index (χ3n) is 5.96. The summed E-state index contributed by atoms with van der Waals surface area (Å²) in [6, 6.07) is 23.7. The highest BCUT2D eigenvalue weighted by atomic mass is 79.9. The van der Waals surface area contributed by atoms with Gasteiger partial charge in [0.05, 0.1) is 22.0 Å². The van der Waals surface area contributed by atoms with Gasteiger partial charge < -0.3 is 4.74 Å². The first-order valence-corrected chi connectivity index (χ1v) is 12.4. The largest absolute Gasteiger partial charge is 0.482 e. The molecule has 8 nitrogen and oxygen atoms in total. The van der Waals surface area contributed by atoms with Crippen LogP contribution in [0.3, 0.4) is 0 Å². The zero-order valence-corrected chi connectivity index (χ0v) is 21.4. The highest BCUT2D eigenvalue weighted by molar-refractivity contribution is 9.10. The summed E-state index contributed by atoms with van der Waals surface area (Å²) in [7, 11) is 0. The smallest absolute Gasteiger partial charge is 0.311 e. The monoisotopic (exact) mass is 556 g/mol. The third-order valence-corrected chi connectivity index (χ3v) is 6.45. The molecule has 0 N–H and O–H groups in total. The highest BCUT2D eigenvalue weighted by Gasteiger charge is 2.17. The first-order valence-electron chi connectivity index (χ1n) is 11.6. The van der Waals surface area contributed by atoms with Gasteiger partial charge in [0.15, 0.2) is 5.75 Å². The van der Waals surface area contributed by atoms with Crippen LogP contribution in [0.1, 0.15) is 23.9 Å². The van der Waals surface area contributed by atoms with Gasteiger partial charge in [0.1, 0.15) is 12.4 Å². The maximum Gasteiger partial charge on any atom is 0.311 e. The predicted molar refractivity (Wildman–Crippen MR) is 147 cm³/mol. The Labute approximate surface area is 220 Å². The molecule has 0 unspecified atom stereocenters. The molecule has 0 fully saturated rings. The molecule has 0 saturated heterocycles. The van der Waals surface area contributed by atoms with Crippen LogP contribution in [0.4, 0.5) is 5.69 Å². The molecule has 0 atom stereocenters. The summed E-state index contributed by atoms with van der Waals surface area (Å²) in [5.41, 5.74) is 1.46. The fraction of sp³-hybridized carbons (Fsp3) is 0.107. The quantitative estimate of drug-likeness (QED) is 0.134. The first-order chi connectivity index (χ1) is 17.9. The number of aryl methyl sites for hydroxylation is 1. The molecule has 0 spiro atoms. The van der Waals surface area contributed by atoms with Crippen LogP contribution in [0.2, 0.25) is 0 Å². The van der Waals surface area contributed by atoms with Crippen molar-refractivity contribution in [1.29, 1.82) is 0 Å². The zero-order chi connectivity index (χ0) is 25.9. The van der Waals surface area contributed by atoms with Crippen molar-refractivity contribution in [3.63, 3.8) is 0 Å². The molecule has 5 aromatic rings. The van der Waals surface area contributed by atoms with Gasteiger partial charge in [0.25, 0.3) is 5.56 Å². The molecule has 0 aliphatic rings. The molecule has 0 radical (unpaired) electrons. The molecule has 5 rings (SSSR count). The van der Waals surface area contributed by atoms with Crippen molar-refractivity contribution < 1.29 is 9.66 Å². The Balaban J connectivity index is 1.45. The number of hydrogen-bond acceptors (Lipinski definition) is 6. The van der Waals surface area contributed by atoms with E-state index in [0.29, 0.717) is 28.7 Å². The van der Waals surface area contributed by atoms with Crippen molar-refractivity contribution in [2.24, 2.45) is 5.10 Å². The van der Waals surface area contributed by atoms with Gasteiger partial charge in [-0.2, -0.15) is 9.78 Å². The Kier molecular flexibility index (Phi) is 6.78. The number of aromatic nitrogens is 2. The molecule has 0 bridgehead atoms. The lowest BCUT2D eigenvalue weighted by Gasteiger charge is -2.10. The van der Waals surface area contributed by atoms with Crippen LogP contribution in [0.15, 0.2) is 93.2 Å². The van der Waals surface area contributed by atoms with Crippen LogP contribution < -0.4 is 10.3 Å². The van der Waals surface area contributed by atoms with Crippen molar-refractivity contribution in [2.45, 2.75) is 20.0 Å². The molecule has 9 heteroatoms. The lowest BCUT2D eigenvalue weighted by molar-refractivity contribution is -0.385. The van der Waals surface area contributed by atoms with Crippen molar-refractivity contribution in [3.05, 3.63) is 121 Å². The topological polar surface area (TPSA) is 99.6 Å². The van der Waals surface area contributed by atoms with Crippen molar-refractivity contribution >= 4 is 49.5 Å². The lowest BCUT2D eigenvalue weighted by atomic mass is 10.1. The maximum atomic E-state index is 13.1. The van der Waals surface area contributed by atoms with E-state index in [9.17, 15) is 14.9 Å². The van der Waals surface area contributed by atoms with E-state index >= 15 is 0 Å². The van der Waals surface area contributed by atoms with E-state index in [2.05, 4.69) is 26.0 Å². The summed E-state index contributed by atoms with van der Waals surface area (Å²) < 4.78 is 7.86. The average Bonchev–Trinajstić information content (AvgIpc) is 2.91. The molecule has 0 saturated carbocycles. The minimum absolute atomic E-state index is 0.152. The maximum absolute atomic E-state index is 13.1. The Morgan fingerprint density at radius 2 is 1.86 bits per heavy atom. The molecule has 0 aliphatic heterocycles. The number of nitrogens with zero attached hydrogens (tertiary/aromatic N) is 4. The van der Waals surface area contributed by atoms with Gasteiger partial charge >= 0.3 is 5.69 Å². The van der Waals surface area contributed by atoms with E-state index in [0.717, 1.165) is 20.8 Å². The van der Waals surface area contributed by atoms with Gasteiger partial charge in [0, 0.05) is 22.5 Å². The number of benzene rings is 4. The van der Waals surface area contributed by atoms with Crippen LogP contribution in [-0.4, -0.2) is 20.8 Å². The average molecular weight is 557 g/mol. The molecular formula is C28H21BrN4O4. The van der Waals surface area contributed by atoms with E-state index in [1.807, 2.05) is 55.5 Å². The van der Waals surface area contributed by atoms with Gasteiger partial charge in [-0.25, -0.2) is 4.98 Å². The number of fused-ring (bicyclic) bond motifs is 2. The van der Waals surface area contributed by atoms with Crippen LogP contribution in [0.25, 0.3) is 21.7 Å². The summed E-state index contributed by atoms with van der Waals surface area (Å²) in [6.07, 6.45) is 1.90. The second-order valence-electron chi connectivity index (χ2n) is 8.32. The summed E-state index contributed by atoms with van der Waals surface area (Å²) in [4.78, 5) is 29.0. The van der Waals surface area contributed by atoms with E-state index in [4.69, 9.17) is 4.74 Å². The number of nitro benzene ring substituents is 1. The van der Waals surface area contributed by atoms with Gasteiger partial charge in [0.2, 0.25) is 0 Å². The van der Waals surface area contributed by atoms with Crippen LogP contribution in [-0.2, 0) is 13.0 Å². The van der Waals surface area contributed by atoms with E-state index in [-0.39, 0.29) is 23.6 Å². The molecule has 0 aliphatic carbocycles. The molecule has 37 heavy (non-hydrogen) atoms. The number of halogens is 1. The first kappa shape index (κ1) is 24.3. The summed E-state index contributed by atoms with van der Waals surface area (Å²) in [5.74, 6) is 0.638.